The molecule has 1 fully saturated rings. The zero-order valence-electron chi connectivity index (χ0n) is 19.9. The van der Waals surface area contributed by atoms with Crippen molar-refractivity contribution in [3.63, 3.8) is 0 Å². The third-order valence-electron chi connectivity index (χ3n) is 6.89. The van der Waals surface area contributed by atoms with Gasteiger partial charge in [-0.15, -0.1) is 6.58 Å². The predicted octanol–water partition coefficient (Wildman–Crippen LogP) is 4.88. The van der Waals surface area contributed by atoms with E-state index in [1.165, 1.54) is 48.9 Å². The first-order valence-corrected chi connectivity index (χ1v) is 12.2. The normalized spacial score (nSPS) is 17.4. The number of nitrogens with one attached hydrogen (secondary N) is 1. The van der Waals surface area contributed by atoms with Gasteiger partial charge in [-0.1, -0.05) is 57.5 Å². The monoisotopic (exact) mass is 423 g/mol. The van der Waals surface area contributed by atoms with Crippen LogP contribution < -0.4 is 4.90 Å². The van der Waals surface area contributed by atoms with E-state index in [9.17, 15) is 5.11 Å². The number of rotatable bonds is 10. The molecule has 0 bridgehead atoms. The number of hydrogen-bond acceptors (Lipinski definition) is 1. The van der Waals surface area contributed by atoms with Crippen LogP contribution >= 0.6 is 0 Å². The van der Waals surface area contributed by atoms with E-state index in [0.29, 0.717) is 6.04 Å². The van der Waals surface area contributed by atoms with Crippen LogP contribution in [0.3, 0.4) is 0 Å². The number of benzene rings is 1. The number of nitrogens with zero attached hydrogens (tertiary/aromatic N) is 1. The zero-order valence-corrected chi connectivity index (χ0v) is 19.9. The van der Waals surface area contributed by atoms with E-state index in [4.69, 9.17) is 0 Å². The average molecular weight is 424 g/mol. The van der Waals surface area contributed by atoms with E-state index in [1.54, 1.807) is 4.90 Å². The first-order valence-electron chi connectivity index (χ1n) is 12.2. The van der Waals surface area contributed by atoms with Gasteiger partial charge in [-0.2, -0.15) is 0 Å². The van der Waals surface area contributed by atoms with Gasteiger partial charge in [0.25, 0.3) is 0 Å². The molecule has 0 radical (unpaired) electrons. The molecule has 0 amide bonds. The summed E-state index contributed by atoms with van der Waals surface area (Å²) in [7, 11) is 0. The van der Waals surface area contributed by atoms with Crippen LogP contribution in [0.15, 0.2) is 55.3 Å². The second-order valence-corrected chi connectivity index (χ2v) is 10.5. The molecule has 1 aromatic heterocycles. The van der Waals surface area contributed by atoms with Crippen LogP contribution in [-0.2, 0) is 18.5 Å². The Labute approximate surface area is 189 Å². The molecular weight excluding hydrogens is 380 g/mol. The minimum atomic E-state index is -0.247. The van der Waals surface area contributed by atoms with Gasteiger partial charge in [0.2, 0.25) is 0 Å². The maximum absolute atomic E-state index is 10.6. The number of aliphatic hydroxyl groups is 1. The van der Waals surface area contributed by atoms with E-state index in [0.717, 1.165) is 32.5 Å². The van der Waals surface area contributed by atoms with E-state index < -0.39 is 0 Å². The molecule has 3 heteroatoms. The molecule has 1 heterocycles. The molecule has 1 saturated carbocycles. The van der Waals surface area contributed by atoms with Crippen LogP contribution in [0.4, 0.5) is 0 Å². The Balaban J connectivity index is 1.70. The van der Waals surface area contributed by atoms with Crippen LogP contribution in [0.1, 0.15) is 82.5 Å². The highest BCUT2D eigenvalue weighted by atomic mass is 16.3. The van der Waals surface area contributed by atoms with Gasteiger partial charge in [-0.25, -0.2) is 0 Å². The van der Waals surface area contributed by atoms with Crippen molar-refractivity contribution in [3.8, 4) is 0 Å². The number of quaternary nitrogens is 1. The van der Waals surface area contributed by atoms with Crippen molar-refractivity contribution < 1.29 is 10.0 Å². The minimum Gasteiger partial charge on any atom is -0.387 e. The fourth-order valence-electron chi connectivity index (χ4n) is 4.91. The number of aliphatic hydroxyl groups excluding tert-OH is 1. The van der Waals surface area contributed by atoms with Crippen molar-refractivity contribution in [3.05, 3.63) is 72.1 Å². The molecule has 2 N–H and O–H groups in total. The highest BCUT2D eigenvalue weighted by Crippen LogP contribution is 2.22. The minimum absolute atomic E-state index is 0.188. The molecule has 1 aromatic carbocycles. The molecule has 1 aliphatic rings. The molecule has 0 aliphatic heterocycles. The SMILES string of the molecule is C=CCC[C@H](O)C[NH+](Cc1cccn1Cc1ccc(C(C)(C)C)cc1)C1CCCCC1. The molecule has 0 spiro atoms. The smallest absolute Gasteiger partial charge is 0.118 e. The standard InChI is InChI=1S/C28H42N2O/c1-5-6-14-27(31)22-30(25-11-8-7-9-12-25)21-26-13-10-19-29(26)20-23-15-17-24(18-16-23)28(2,3)4/h5,10,13,15-19,25,27,31H,1,6-9,11-12,14,20-22H2,2-4H3/p+1/t27-/m0/s1. The Bertz CT molecular complexity index is 793. The summed E-state index contributed by atoms with van der Waals surface area (Å²) >= 11 is 0. The first kappa shape index (κ1) is 23.8. The van der Waals surface area contributed by atoms with E-state index in [1.807, 2.05) is 6.08 Å². The molecule has 1 aliphatic carbocycles. The molecule has 3 nitrogen and oxygen atoms in total. The third kappa shape index (κ3) is 7.08. The van der Waals surface area contributed by atoms with Gasteiger partial charge in [-0.05, 0) is 67.2 Å². The summed E-state index contributed by atoms with van der Waals surface area (Å²) in [5.74, 6) is 0. The molecule has 3 rings (SSSR count). The summed E-state index contributed by atoms with van der Waals surface area (Å²) in [6.07, 6.45) is 12.2. The van der Waals surface area contributed by atoms with Crippen LogP contribution in [0.2, 0.25) is 0 Å². The van der Waals surface area contributed by atoms with Crippen molar-refractivity contribution in [2.24, 2.45) is 0 Å². The van der Waals surface area contributed by atoms with Crippen molar-refractivity contribution >= 4 is 0 Å². The second kappa shape index (κ2) is 11.2. The van der Waals surface area contributed by atoms with Gasteiger partial charge in [0, 0.05) is 12.7 Å². The average Bonchev–Trinajstić information content (AvgIpc) is 3.18. The Kier molecular flexibility index (Phi) is 8.57. The van der Waals surface area contributed by atoms with Crippen molar-refractivity contribution in [1.29, 1.82) is 0 Å². The summed E-state index contributed by atoms with van der Waals surface area (Å²) in [4.78, 5) is 1.55. The van der Waals surface area contributed by atoms with Crippen molar-refractivity contribution in [2.45, 2.75) is 96.4 Å². The summed E-state index contributed by atoms with van der Waals surface area (Å²) in [5, 5.41) is 10.6. The maximum atomic E-state index is 10.6. The van der Waals surface area contributed by atoms with E-state index >= 15 is 0 Å². The number of allylic oxidation sites excluding steroid dienone is 1. The largest absolute Gasteiger partial charge is 0.387 e. The van der Waals surface area contributed by atoms with Gasteiger partial charge in [0.1, 0.15) is 19.2 Å². The van der Waals surface area contributed by atoms with Gasteiger partial charge in [-0.3, -0.25) is 0 Å². The predicted molar refractivity (Wildman–Crippen MR) is 131 cm³/mol. The summed E-state index contributed by atoms with van der Waals surface area (Å²) in [6, 6.07) is 14.2. The number of aromatic nitrogens is 1. The molecule has 2 atom stereocenters. The topological polar surface area (TPSA) is 29.6 Å². The van der Waals surface area contributed by atoms with E-state index in [-0.39, 0.29) is 11.5 Å². The lowest BCUT2D eigenvalue weighted by Gasteiger charge is -2.33. The van der Waals surface area contributed by atoms with Crippen LogP contribution in [-0.4, -0.2) is 28.4 Å². The van der Waals surface area contributed by atoms with Gasteiger partial charge >= 0.3 is 0 Å². The second-order valence-electron chi connectivity index (χ2n) is 10.5. The summed E-state index contributed by atoms with van der Waals surface area (Å²) in [6.45, 7) is 13.3. The Hall–Kier alpha value is -1.84. The lowest BCUT2D eigenvalue weighted by Crippen LogP contribution is -3.15. The molecule has 2 aromatic rings. The molecule has 0 saturated heterocycles. The zero-order chi connectivity index (χ0) is 22.3. The van der Waals surface area contributed by atoms with Crippen LogP contribution in [0.5, 0.6) is 0 Å². The van der Waals surface area contributed by atoms with Crippen LogP contribution in [0.25, 0.3) is 0 Å². The first-order chi connectivity index (χ1) is 14.9. The molecule has 1 unspecified atom stereocenters. The number of hydrogen-bond donors (Lipinski definition) is 2. The molecule has 31 heavy (non-hydrogen) atoms. The summed E-state index contributed by atoms with van der Waals surface area (Å²) in [5.41, 5.74) is 4.28. The quantitative estimate of drug-likeness (QED) is 0.524. The van der Waals surface area contributed by atoms with Crippen molar-refractivity contribution in [2.75, 3.05) is 6.54 Å². The van der Waals surface area contributed by atoms with Gasteiger partial charge in [0.15, 0.2) is 0 Å². The molecular formula is C28H43N2O+. The highest BCUT2D eigenvalue weighted by molar-refractivity contribution is 5.28. The van der Waals surface area contributed by atoms with Crippen LogP contribution in [0, 0.1) is 0 Å². The fraction of sp³-hybridized carbons (Fsp3) is 0.571. The Morgan fingerprint density at radius 1 is 1.13 bits per heavy atom. The lowest BCUT2D eigenvalue weighted by molar-refractivity contribution is -0.943. The maximum Gasteiger partial charge on any atom is 0.118 e. The fourth-order valence-corrected chi connectivity index (χ4v) is 4.91. The highest BCUT2D eigenvalue weighted by Gasteiger charge is 2.27. The van der Waals surface area contributed by atoms with Gasteiger partial charge < -0.3 is 14.6 Å². The van der Waals surface area contributed by atoms with Gasteiger partial charge in [0.05, 0.1) is 11.7 Å². The Morgan fingerprint density at radius 3 is 2.48 bits per heavy atom. The third-order valence-corrected chi connectivity index (χ3v) is 6.89. The summed E-state index contributed by atoms with van der Waals surface area (Å²) < 4.78 is 2.39. The lowest BCUT2D eigenvalue weighted by atomic mass is 9.87. The molecule has 170 valence electrons. The Morgan fingerprint density at radius 2 is 1.84 bits per heavy atom. The van der Waals surface area contributed by atoms with E-state index in [2.05, 4.69) is 74.5 Å². The van der Waals surface area contributed by atoms with Crippen molar-refractivity contribution in [1.82, 2.24) is 4.57 Å².